The van der Waals surface area contributed by atoms with Crippen molar-refractivity contribution in [3.63, 3.8) is 0 Å². The smallest absolute Gasteiger partial charge is 0.492 e. The van der Waals surface area contributed by atoms with Gasteiger partial charge in [-0.2, -0.15) is 5.10 Å². The van der Waals surface area contributed by atoms with Gasteiger partial charge in [0.25, 0.3) is 0 Å². The summed E-state index contributed by atoms with van der Waals surface area (Å²) in [5.74, 6) is 0.437. The van der Waals surface area contributed by atoms with E-state index in [1.54, 1.807) is 29.2 Å². The van der Waals surface area contributed by atoms with Crippen LogP contribution in [0.4, 0.5) is 0 Å². The summed E-state index contributed by atoms with van der Waals surface area (Å²) < 4.78 is 6.72. The maximum atomic E-state index is 9.26. The van der Waals surface area contributed by atoms with Crippen LogP contribution in [0.3, 0.4) is 0 Å². The zero-order valence-electron chi connectivity index (χ0n) is 9.75. The van der Waals surface area contributed by atoms with Crippen LogP contribution in [0.25, 0.3) is 0 Å². The molecule has 0 aliphatic rings. The lowest BCUT2D eigenvalue weighted by molar-refractivity contribution is 0.403. The van der Waals surface area contributed by atoms with E-state index in [0.717, 1.165) is 5.56 Å². The monoisotopic (exact) mass is 266 g/mol. The van der Waals surface area contributed by atoms with E-state index in [-0.39, 0.29) is 0 Å². The normalized spacial score (nSPS) is 10.4. The van der Waals surface area contributed by atoms with Gasteiger partial charge in [-0.25, -0.2) is 0 Å². The highest BCUT2D eigenvalue weighted by Crippen LogP contribution is 2.12. The Balaban J connectivity index is 2.26. The first kappa shape index (κ1) is 12.9. The van der Waals surface area contributed by atoms with Crippen LogP contribution in [0.5, 0.6) is 5.75 Å². The molecule has 0 aliphatic heterocycles. The van der Waals surface area contributed by atoms with Crippen LogP contribution in [0.2, 0.25) is 5.02 Å². The molecule has 1 heterocycles. The van der Waals surface area contributed by atoms with Crippen molar-refractivity contribution in [1.82, 2.24) is 9.78 Å². The molecule has 1 aromatic heterocycles. The predicted molar refractivity (Wildman–Crippen MR) is 69.2 cm³/mol. The van der Waals surface area contributed by atoms with Crippen LogP contribution in [0.15, 0.2) is 30.6 Å². The minimum atomic E-state index is -1.57. The van der Waals surface area contributed by atoms with Crippen LogP contribution in [-0.4, -0.2) is 34.1 Å². The van der Waals surface area contributed by atoms with Gasteiger partial charge in [-0.3, -0.25) is 4.68 Å². The molecule has 0 amide bonds. The van der Waals surface area contributed by atoms with Gasteiger partial charge in [0.05, 0.1) is 24.9 Å². The average molecular weight is 266 g/mol. The third kappa shape index (κ3) is 2.84. The van der Waals surface area contributed by atoms with E-state index >= 15 is 0 Å². The molecule has 0 aliphatic carbocycles. The molecule has 0 atom stereocenters. The van der Waals surface area contributed by atoms with Gasteiger partial charge in [0.15, 0.2) is 0 Å². The van der Waals surface area contributed by atoms with E-state index in [9.17, 15) is 10.0 Å². The summed E-state index contributed by atoms with van der Waals surface area (Å²) >= 11 is 5.77. The molecule has 1 aromatic carbocycles. The molecule has 0 saturated carbocycles. The Kier molecular flexibility index (Phi) is 3.91. The van der Waals surface area contributed by atoms with E-state index in [1.165, 1.54) is 7.11 Å². The number of hydrogen-bond acceptors (Lipinski definition) is 4. The molecule has 94 valence electrons. The quantitative estimate of drug-likeness (QED) is 0.780. The summed E-state index contributed by atoms with van der Waals surface area (Å²) in [7, 11) is -0.0881. The van der Waals surface area contributed by atoms with Crippen molar-refractivity contribution in [2.75, 3.05) is 7.11 Å². The molecule has 0 spiro atoms. The van der Waals surface area contributed by atoms with Crippen LogP contribution in [-0.2, 0) is 6.54 Å². The highest BCUT2D eigenvalue weighted by atomic mass is 35.5. The fourth-order valence-electron chi connectivity index (χ4n) is 1.70. The lowest BCUT2D eigenvalue weighted by Crippen LogP contribution is -2.31. The fourth-order valence-corrected chi connectivity index (χ4v) is 1.85. The average Bonchev–Trinajstić information content (AvgIpc) is 2.74. The number of nitrogens with zero attached hydrogens (tertiary/aromatic N) is 2. The number of benzene rings is 1. The van der Waals surface area contributed by atoms with Crippen molar-refractivity contribution >= 4 is 24.2 Å². The van der Waals surface area contributed by atoms with Crippen molar-refractivity contribution in [2.24, 2.45) is 0 Å². The van der Waals surface area contributed by atoms with E-state index < -0.39 is 7.12 Å². The number of aromatic nitrogens is 2. The number of halogens is 1. The molecule has 0 fully saturated rings. The summed E-state index contributed by atoms with van der Waals surface area (Å²) in [5.41, 5.74) is 1.20. The van der Waals surface area contributed by atoms with Gasteiger partial charge in [-0.1, -0.05) is 23.7 Å². The highest BCUT2D eigenvalue weighted by Gasteiger charge is 2.17. The maximum absolute atomic E-state index is 9.26. The molecule has 0 unspecified atom stereocenters. The summed E-state index contributed by atoms with van der Waals surface area (Å²) in [6.45, 7) is 0.496. The number of rotatable bonds is 4. The Morgan fingerprint density at radius 2 is 2.22 bits per heavy atom. The van der Waals surface area contributed by atoms with Gasteiger partial charge < -0.3 is 14.8 Å². The van der Waals surface area contributed by atoms with Gasteiger partial charge in [-0.15, -0.1) is 0 Å². The second kappa shape index (κ2) is 5.43. The first-order chi connectivity index (χ1) is 8.60. The van der Waals surface area contributed by atoms with Crippen molar-refractivity contribution in [3.8, 4) is 5.75 Å². The van der Waals surface area contributed by atoms with Gasteiger partial charge in [0.2, 0.25) is 0 Å². The summed E-state index contributed by atoms with van der Waals surface area (Å²) in [5, 5.41) is 23.1. The molecular formula is C11H12BClN2O3. The molecular weight excluding hydrogens is 254 g/mol. The Labute approximate surface area is 110 Å². The van der Waals surface area contributed by atoms with Crippen LogP contribution >= 0.6 is 11.6 Å². The van der Waals surface area contributed by atoms with Crippen LogP contribution in [0, 0.1) is 0 Å². The van der Waals surface area contributed by atoms with Gasteiger partial charge in [0.1, 0.15) is 5.75 Å². The predicted octanol–water partition coefficient (Wildman–Crippen LogP) is 0.273. The van der Waals surface area contributed by atoms with Gasteiger partial charge >= 0.3 is 7.12 Å². The third-order valence-corrected chi connectivity index (χ3v) is 2.71. The summed E-state index contributed by atoms with van der Waals surface area (Å²) in [6, 6.07) is 5.19. The maximum Gasteiger partial charge on any atom is 0.492 e. The van der Waals surface area contributed by atoms with Gasteiger partial charge in [0, 0.05) is 11.7 Å². The number of methoxy groups -OCH3 is 1. The zero-order chi connectivity index (χ0) is 13.1. The molecule has 5 nitrogen and oxygen atoms in total. The second-order valence-electron chi connectivity index (χ2n) is 3.81. The minimum absolute atomic E-state index is 0.327. The Morgan fingerprint density at radius 1 is 1.44 bits per heavy atom. The Bertz CT molecular complexity index is 545. The molecule has 0 bridgehead atoms. The topological polar surface area (TPSA) is 67.5 Å². The molecule has 18 heavy (non-hydrogen) atoms. The van der Waals surface area contributed by atoms with E-state index in [1.807, 2.05) is 6.07 Å². The van der Waals surface area contributed by atoms with Crippen molar-refractivity contribution < 1.29 is 14.8 Å². The molecule has 2 rings (SSSR count). The molecule has 0 saturated heterocycles. The SMILES string of the molecule is COc1ccc(Cn2cc(Cl)cn2)cc1B(O)O. The Morgan fingerprint density at radius 3 is 2.78 bits per heavy atom. The first-order valence-electron chi connectivity index (χ1n) is 5.31. The third-order valence-electron chi connectivity index (χ3n) is 2.52. The molecule has 2 aromatic rings. The first-order valence-corrected chi connectivity index (χ1v) is 5.69. The minimum Gasteiger partial charge on any atom is -0.497 e. The lowest BCUT2D eigenvalue weighted by Gasteiger charge is -2.10. The van der Waals surface area contributed by atoms with E-state index in [4.69, 9.17) is 16.3 Å². The standard InChI is InChI=1S/C11H12BClN2O3/c1-18-11-3-2-8(4-10(11)12(16)17)6-15-7-9(13)5-14-15/h2-5,7,16-17H,6H2,1H3. The summed E-state index contributed by atoms with van der Waals surface area (Å²) in [4.78, 5) is 0. The van der Waals surface area contributed by atoms with E-state index in [0.29, 0.717) is 22.8 Å². The number of hydrogen-bond donors (Lipinski definition) is 2. The number of ether oxygens (including phenoxy) is 1. The van der Waals surface area contributed by atoms with E-state index in [2.05, 4.69) is 5.10 Å². The second-order valence-corrected chi connectivity index (χ2v) is 4.24. The zero-order valence-corrected chi connectivity index (χ0v) is 10.5. The van der Waals surface area contributed by atoms with Crippen molar-refractivity contribution in [1.29, 1.82) is 0 Å². The van der Waals surface area contributed by atoms with Crippen LogP contribution < -0.4 is 10.2 Å². The van der Waals surface area contributed by atoms with Crippen molar-refractivity contribution in [3.05, 3.63) is 41.2 Å². The highest BCUT2D eigenvalue weighted by molar-refractivity contribution is 6.59. The van der Waals surface area contributed by atoms with Crippen LogP contribution in [0.1, 0.15) is 5.56 Å². The van der Waals surface area contributed by atoms with Gasteiger partial charge in [-0.05, 0) is 11.6 Å². The fraction of sp³-hybridized carbons (Fsp3) is 0.182. The largest absolute Gasteiger partial charge is 0.497 e. The lowest BCUT2D eigenvalue weighted by atomic mass is 9.78. The molecule has 2 N–H and O–H groups in total. The Hall–Kier alpha value is -1.50. The summed E-state index contributed by atoms with van der Waals surface area (Å²) in [6.07, 6.45) is 3.24. The molecule has 7 heteroatoms. The van der Waals surface area contributed by atoms with Crippen molar-refractivity contribution in [2.45, 2.75) is 6.54 Å². The molecule has 0 radical (unpaired) electrons.